The van der Waals surface area contributed by atoms with Gasteiger partial charge in [0.05, 0.1) is 6.61 Å². The molecule has 2 saturated carbocycles. The van der Waals surface area contributed by atoms with E-state index in [0.29, 0.717) is 24.3 Å². The minimum atomic E-state index is -1.08. The third-order valence-corrected chi connectivity index (χ3v) is 4.44. The number of nitrogens with one attached hydrogen (secondary N) is 2. The standard InChI is InChI=1S/C18H25N3O4/c1-18(2,16(22)19-3)21-17(23)25-14-9-8-13(12-6-7-12)15(20-14)24-10-11-4-5-11/h8-9,11-12H,4-7,10H2,1-3H3,(H,19,22)(H,21,23). The van der Waals surface area contributed by atoms with Crippen LogP contribution in [-0.4, -0.2) is 36.2 Å². The predicted molar refractivity (Wildman–Crippen MR) is 91.7 cm³/mol. The van der Waals surface area contributed by atoms with Gasteiger partial charge in [0.15, 0.2) is 0 Å². The first-order chi connectivity index (χ1) is 11.9. The quantitative estimate of drug-likeness (QED) is 0.790. The molecule has 0 aromatic carbocycles. The number of aromatic nitrogens is 1. The van der Waals surface area contributed by atoms with Gasteiger partial charge in [-0.3, -0.25) is 4.79 Å². The highest BCUT2D eigenvalue weighted by molar-refractivity contribution is 5.89. The molecule has 2 N–H and O–H groups in total. The van der Waals surface area contributed by atoms with Crippen LogP contribution < -0.4 is 20.1 Å². The van der Waals surface area contributed by atoms with Crippen LogP contribution in [0.3, 0.4) is 0 Å². The lowest BCUT2D eigenvalue weighted by molar-refractivity contribution is -0.125. The molecule has 1 aromatic heterocycles. The Balaban J connectivity index is 1.65. The molecule has 0 atom stereocenters. The Morgan fingerprint density at radius 2 is 1.96 bits per heavy atom. The van der Waals surface area contributed by atoms with Crippen LogP contribution in [-0.2, 0) is 4.79 Å². The molecule has 0 unspecified atom stereocenters. The lowest BCUT2D eigenvalue weighted by Gasteiger charge is -2.23. The van der Waals surface area contributed by atoms with Gasteiger partial charge in [-0.1, -0.05) is 0 Å². The molecule has 7 nitrogen and oxygen atoms in total. The maximum atomic E-state index is 12.1. The molecule has 2 fully saturated rings. The van der Waals surface area contributed by atoms with Crippen molar-refractivity contribution in [2.75, 3.05) is 13.7 Å². The second-order valence-corrected chi connectivity index (χ2v) is 7.29. The lowest BCUT2D eigenvalue weighted by atomic mass is 10.1. The zero-order valence-corrected chi connectivity index (χ0v) is 14.9. The number of nitrogens with zero attached hydrogens (tertiary/aromatic N) is 1. The fraction of sp³-hybridized carbons (Fsp3) is 0.611. The van der Waals surface area contributed by atoms with Crippen molar-refractivity contribution in [3.8, 4) is 11.8 Å². The van der Waals surface area contributed by atoms with Crippen LogP contribution in [0.15, 0.2) is 12.1 Å². The molecule has 2 aliphatic rings. The minimum Gasteiger partial charge on any atom is -0.477 e. The Morgan fingerprint density at radius 1 is 1.24 bits per heavy atom. The monoisotopic (exact) mass is 347 g/mol. The topological polar surface area (TPSA) is 89.6 Å². The average Bonchev–Trinajstić information content (AvgIpc) is 3.45. The largest absolute Gasteiger partial charge is 0.477 e. The van der Waals surface area contributed by atoms with Crippen LogP contribution in [0.25, 0.3) is 0 Å². The van der Waals surface area contributed by atoms with E-state index < -0.39 is 11.6 Å². The number of carbonyl (C=O) groups excluding carboxylic acids is 2. The first-order valence-electron chi connectivity index (χ1n) is 8.75. The summed E-state index contributed by atoms with van der Waals surface area (Å²) in [5, 5.41) is 5.03. The summed E-state index contributed by atoms with van der Waals surface area (Å²) in [6.07, 6.45) is 3.96. The van der Waals surface area contributed by atoms with E-state index in [1.807, 2.05) is 6.07 Å². The van der Waals surface area contributed by atoms with Crippen LogP contribution >= 0.6 is 0 Å². The van der Waals surface area contributed by atoms with Gasteiger partial charge >= 0.3 is 6.09 Å². The summed E-state index contributed by atoms with van der Waals surface area (Å²) in [6, 6.07) is 3.59. The van der Waals surface area contributed by atoms with Crippen LogP contribution in [0.2, 0.25) is 0 Å². The van der Waals surface area contributed by atoms with Gasteiger partial charge in [0.1, 0.15) is 5.54 Å². The summed E-state index contributed by atoms with van der Waals surface area (Å²) < 4.78 is 11.1. The van der Waals surface area contributed by atoms with Gasteiger partial charge < -0.3 is 20.1 Å². The van der Waals surface area contributed by atoms with Crippen molar-refractivity contribution in [2.24, 2.45) is 5.92 Å². The molecule has 3 rings (SSSR count). The van der Waals surface area contributed by atoms with E-state index in [0.717, 1.165) is 18.4 Å². The molecular formula is C18H25N3O4. The van der Waals surface area contributed by atoms with E-state index in [-0.39, 0.29) is 11.8 Å². The summed E-state index contributed by atoms with van der Waals surface area (Å²) in [5.41, 5.74) is 0.00422. The van der Waals surface area contributed by atoms with Gasteiger partial charge in [-0.2, -0.15) is 4.98 Å². The first kappa shape index (κ1) is 17.5. The molecule has 2 amide bonds. The van der Waals surface area contributed by atoms with Gasteiger partial charge in [-0.15, -0.1) is 0 Å². The Morgan fingerprint density at radius 3 is 2.56 bits per heavy atom. The number of hydrogen-bond acceptors (Lipinski definition) is 5. The SMILES string of the molecule is CNC(=O)C(C)(C)NC(=O)Oc1ccc(C2CC2)c(OCC2CC2)n1. The van der Waals surface area contributed by atoms with E-state index >= 15 is 0 Å². The number of amides is 2. The number of hydrogen-bond donors (Lipinski definition) is 2. The highest BCUT2D eigenvalue weighted by Crippen LogP contribution is 2.44. The van der Waals surface area contributed by atoms with Crippen LogP contribution in [0, 0.1) is 5.92 Å². The zero-order valence-electron chi connectivity index (χ0n) is 14.9. The van der Waals surface area contributed by atoms with Crippen LogP contribution in [0.5, 0.6) is 11.8 Å². The van der Waals surface area contributed by atoms with Crippen LogP contribution in [0.4, 0.5) is 4.79 Å². The highest BCUT2D eigenvalue weighted by Gasteiger charge is 2.31. The minimum absolute atomic E-state index is 0.167. The van der Waals surface area contributed by atoms with Crippen molar-refractivity contribution in [3.05, 3.63) is 17.7 Å². The van der Waals surface area contributed by atoms with Gasteiger partial charge in [-0.05, 0) is 57.4 Å². The van der Waals surface area contributed by atoms with Crippen molar-refractivity contribution >= 4 is 12.0 Å². The summed E-state index contributed by atoms with van der Waals surface area (Å²) in [4.78, 5) is 28.2. The molecule has 0 aliphatic heterocycles. The number of pyridine rings is 1. The molecule has 25 heavy (non-hydrogen) atoms. The summed E-state index contributed by atoms with van der Waals surface area (Å²) in [5.74, 6) is 1.53. The maximum absolute atomic E-state index is 12.1. The van der Waals surface area contributed by atoms with E-state index in [9.17, 15) is 9.59 Å². The molecule has 1 aromatic rings. The van der Waals surface area contributed by atoms with Crippen molar-refractivity contribution in [1.82, 2.24) is 15.6 Å². The third kappa shape index (κ3) is 4.61. The van der Waals surface area contributed by atoms with E-state index in [1.54, 1.807) is 19.9 Å². The Labute approximate surface area is 147 Å². The van der Waals surface area contributed by atoms with Crippen molar-refractivity contribution in [3.63, 3.8) is 0 Å². The fourth-order valence-electron chi connectivity index (χ4n) is 2.54. The number of likely N-dealkylation sites (N-methyl/N-ethyl adjacent to an activating group) is 1. The normalized spacial score (nSPS) is 16.9. The molecule has 0 bridgehead atoms. The van der Waals surface area contributed by atoms with Crippen molar-refractivity contribution in [1.29, 1.82) is 0 Å². The Kier molecular flexibility index (Phi) is 4.83. The summed E-state index contributed by atoms with van der Waals surface area (Å²) >= 11 is 0. The van der Waals surface area contributed by atoms with E-state index in [4.69, 9.17) is 9.47 Å². The summed E-state index contributed by atoms with van der Waals surface area (Å²) in [6.45, 7) is 3.86. The fourth-order valence-corrected chi connectivity index (χ4v) is 2.54. The molecule has 136 valence electrons. The van der Waals surface area contributed by atoms with E-state index in [2.05, 4.69) is 15.6 Å². The molecule has 7 heteroatoms. The Hall–Kier alpha value is -2.31. The number of rotatable bonds is 7. The molecule has 1 heterocycles. The van der Waals surface area contributed by atoms with Gasteiger partial charge in [0.25, 0.3) is 0 Å². The summed E-state index contributed by atoms with van der Waals surface area (Å²) in [7, 11) is 1.51. The predicted octanol–water partition coefficient (Wildman–Crippen LogP) is 2.36. The van der Waals surface area contributed by atoms with Gasteiger partial charge in [0.2, 0.25) is 17.7 Å². The first-order valence-corrected chi connectivity index (χ1v) is 8.75. The lowest BCUT2D eigenvalue weighted by Crippen LogP contribution is -2.54. The second kappa shape index (κ2) is 6.90. The maximum Gasteiger partial charge on any atom is 0.414 e. The van der Waals surface area contributed by atoms with E-state index in [1.165, 1.54) is 19.9 Å². The molecular weight excluding hydrogens is 322 g/mol. The zero-order chi connectivity index (χ0) is 18.0. The molecule has 0 spiro atoms. The van der Waals surface area contributed by atoms with Gasteiger partial charge in [0, 0.05) is 18.7 Å². The second-order valence-electron chi connectivity index (χ2n) is 7.29. The number of ether oxygens (including phenoxy) is 2. The molecule has 0 saturated heterocycles. The van der Waals surface area contributed by atoms with Crippen LogP contribution in [0.1, 0.15) is 51.0 Å². The third-order valence-electron chi connectivity index (χ3n) is 4.44. The molecule has 2 aliphatic carbocycles. The average molecular weight is 347 g/mol. The Bertz CT molecular complexity index is 666. The van der Waals surface area contributed by atoms with Crippen molar-refractivity contribution < 1.29 is 19.1 Å². The smallest absolute Gasteiger partial charge is 0.414 e. The van der Waals surface area contributed by atoms with Crippen molar-refractivity contribution in [2.45, 2.75) is 51.0 Å². The van der Waals surface area contributed by atoms with Gasteiger partial charge in [-0.25, -0.2) is 4.79 Å². The number of carbonyl (C=O) groups is 2. The molecule has 0 radical (unpaired) electrons. The highest BCUT2D eigenvalue weighted by atomic mass is 16.6.